The van der Waals surface area contributed by atoms with E-state index in [1.54, 1.807) is 18.2 Å². The fourth-order valence-corrected chi connectivity index (χ4v) is 2.22. The average molecular weight is 303 g/mol. The number of alkyl halides is 3. The van der Waals surface area contributed by atoms with Crippen molar-refractivity contribution < 1.29 is 22.6 Å². The zero-order valence-electron chi connectivity index (χ0n) is 12.2. The van der Waals surface area contributed by atoms with Crippen molar-refractivity contribution >= 4 is 0 Å². The minimum Gasteiger partial charge on any atom is -0.454 e. The number of hydrogen-bond donors (Lipinski definition) is 1. The second-order valence-corrected chi connectivity index (χ2v) is 5.44. The van der Waals surface area contributed by atoms with Crippen LogP contribution >= 0.6 is 0 Å². The Morgan fingerprint density at radius 1 is 1.19 bits per heavy atom. The summed E-state index contributed by atoms with van der Waals surface area (Å²) >= 11 is 0. The SMILES string of the molecule is CCCNC(C)(CCc1ccc2c(c1)OCO2)C(F)(F)F. The summed E-state index contributed by atoms with van der Waals surface area (Å²) in [5, 5.41) is 2.63. The lowest BCUT2D eigenvalue weighted by molar-refractivity contribution is -0.193. The van der Waals surface area contributed by atoms with E-state index in [4.69, 9.17) is 9.47 Å². The third kappa shape index (κ3) is 3.61. The van der Waals surface area contributed by atoms with E-state index in [9.17, 15) is 13.2 Å². The molecule has 118 valence electrons. The van der Waals surface area contributed by atoms with E-state index in [1.807, 2.05) is 6.92 Å². The van der Waals surface area contributed by atoms with Gasteiger partial charge in [-0.15, -0.1) is 0 Å². The highest BCUT2D eigenvalue weighted by Crippen LogP contribution is 2.36. The number of fused-ring (bicyclic) bond motifs is 1. The molecule has 0 bridgehead atoms. The van der Waals surface area contributed by atoms with Crippen LogP contribution in [0.3, 0.4) is 0 Å². The van der Waals surface area contributed by atoms with E-state index >= 15 is 0 Å². The lowest BCUT2D eigenvalue weighted by atomic mass is 9.92. The molecule has 1 aliphatic heterocycles. The second-order valence-electron chi connectivity index (χ2n) is 5.44. The molecule has 0 radical (unpaired) electrons. The van der Waals surface area contributed by atoms with Gasteiger partial charge in [0.1, 0.15) is 5.54 Å². The van der Waals surface area contributed by atoms with Gasteiger partial charge < -0.3 is 14.8 Å². The van der Waals surface area contributed by atoms with E-state index < -0.39 is 11.7 Å². The van der Waals surface area contributed by atoms with E-state index in [0.29, 0.717) is 30.9 Å². The number of ether oxygens (including phenoxy) is 2. The Labute approximate surface area is 122 Å². The minimum atomic E-state index is -4.28. The van der Waals surface area contributed by atoms with Gasteiger partial charge in [-0.05, 0) is 50.4 Å². The van der Waals surface area contributed by atoms with Crippen molar-refractivity contribution in [2.24, 2.45) is 0 Å². The van der Waals surface area contributed by atoms with Gasteiger partial charge in [-0.1, -0.05) is 13.0 Å². The molecule has 1 N–H and O–H groups in total. The molecule has 6 heteroatoms. The molecule has 1 unspecified atom stereocenters. The molecule has 0 amide bonds. The van der Waals surface area contributed by atoms with Crippen molar-refractivity contribution in [3.05, 3.63) is 23.8 Å². The Balaban J connectivity index is 2.04. The van der Waals surface area contributed by atoms with Crippen LogP contribution in [0, 0.1) is 0 Å². The summed E-state index contributed by atoms with van der Waals surface area (Å²) in [5.74, 6) is 1.24. The van der Waals surface area contributed by atoms with Crippen molar-refractivity contribution in [3.8, 4) is 11.5 Å². The Bertz CT molecular complexity index is 490. The summed E-state index contributed by atoms with van der Waals surface area (Å²) in [7, 11) is 0. The van der Waals surface area contributed by atoms with Gasteiger partial charge in [-0.2, -0.15) is 13.2 Å². The van der Waals surface area contributed by atoms with Crippen LogP contribution in [0.1, 0.15) is 32.3 Å². The van der Waals surface area contributed by atoms with E-state index in [-0.39, 0.29) is 13.2 Å². The first-order valence-electron chi connectivity index (χ1n) is 7.06. The lowest BCUT2D eigenvalue weighted by Crippen LogP contribution is -2.54. The highest BCUT2D eigenvalue weighted by molar-refractivity contribution is 5.44. The molecule has 0 aliphatic carbocycles. The van der Waals surface area contributed by atoms with Crippen LogP contribution in [0.5, 0.6) is 11.5 Å². The highest BCUT2D eigenvalue weighted by atomic mass is 19.4. The predicted molar refractivity (Wildman–Crippen MR) is 73.6 cm³/mol. The molecule has 0 spiro atoms. The fourth-order valence-electron chi connectivity index (χ4n) is 2.22. The molecule has 1 aromatic rings. The number of aryl methyl sites for hydroxylation is 1. The number of halogens is 3. The monoisotopic (exact) mass is 303 g/mol. The maximum absolute atomic E-state index is 13.2. The van der Waals surface area contributed by atoms with Crippen molar-refractivity contribution in [1.29, 1.82) is 0 Å². The standard InChI is InChI=1S/C15H20F3NO2/c1-3-8-19-14(2,15(16,17)18)7-6-11-4-5-12-13(9-11)21-10-20-12/h4-5,9,19H,3,6-8,10H2,1-2H3. The molecule has 1 heterocycles. The molecular weight excluding hydrogens is 283 g/mol. The summed E-state index contributed by atoms with van der Waals surface area (Å²) in [4.78, 5) is 0. The van der Waals surface area contributed by atoms with Gasteiger partial charge in [0.25, 0.3) is 0 Å². The Morgan fingerprint density at radius 3 is 2.57 bits per heavy atom. The summed E-state index contributed by atoms with van der Waals surface area (Å²) in [6.45, 7) is 3.57. The summed E-state index contributed by atoms with van der Waals surface area (Å²) in [6, 6.07) is 5.27. The predicted octanol–water partition coefficient (Wildman–Crippen LogP) is 3.67. The van der Waals surface area contributed by atoms with Crippen molar-refractivity contribution in [2.45, 2.75) is 44.8 Å². The zero-order chi connectivity index (χ0) is 15.5. The summed E-state index contributed by atoms with van der Waals surface area (Å²) < 4.78 is 50.2. The van der Waals surface area contributed by atoms with E-state index in [1.165, 1.54) is 6.92 Å². The number of rotatable bonds is 6. The van der Waals surface area contributed by atoms with Gasteiger partial charge >= 0.3 is 6.18 Å². The summed E-state index contributed by atoms with van der Waals surface area (Å²) in [6.07, 6.45) is -3.31. The Morgan fingerprint density at radius 2 is 1.90 bits per heavy atom. The minimum absolute atomic E-state index is 0.0177. The van der Waals surface area contributed by atoms with Gasteiger partial charge in [-0.3, -0.25) is 0 Å². The average Bonchev–Trinajstić information content (AvgIpc) is 2.89. The molecule has 0 aromatic heterocycles. The Kier molecular flexibility index (Phi) is 4.66. The van der Waals surface area contributed by atoms with Gasteiger partial charge in [-0.25, -0.2) is 0 Å². The molecule has 1 aliphatic rings. The maximum Gasteiger partial charge on any atom is 0.406 e. The second kappa shape index (κ2) is 6.13. The topological polar surface area (TPSA) is 30.5 Å². The van der Waals surface area contributed by atoms with Crippen molar-refractivity contribution in [1.82, 2.24) is 5.32 Å². The highest BCUT2D eigenvalue weighted by Gasteiger charge is 2.50. The quantitative estimate of drug-likeness (QED) is 0.870. The molecule has 21 heavy (non-hydrogen) atoms. The van der Waals surface area contributed by atoms with Crippen LogP contribution in [-0.2, 0) is 6.42 Å². The fraction of sp³-hybridized carbons (Fsp3) is 0.600. The van der Waals surface area contributed by atoms with Crippen LogP contribution in [-0.4, -0.2) is 25.1 Å². The van der Waals surface area contributed by atoms with Crippen LogP contribution in [0.15, 0.2) is 18.2 Å². The van der Waals surface area contributed by atoms with Gasteiger partial charge in [0, 0.05) is 0 Å². The molecule has 1 atom stereocenters. The van der Waals surface area contributed by atoms with Crippen molar-refractivity contribution in [3.63, 3.8) is 0 Å². The van der Waals surface area contributed by atoms with E-state index in [0.717, 1.165) is 5.56 Å². The van der Waals surface area contributed by atoms with Crippen LogP contribution < -0.4 is 14.8 Å². The lowest BCUT2D eigenvalue weighted by Gasteiger charge is -2.33. The van der Waals surface area contributed by atoms with Crippen LogP contribution in [0.25, 0.3) is 0 Å². The smallest absolute Gasteiger partial charge is 0.406 e. The molecule has 3 nitrogen and oxygen atoms in total. The zero-order valence-corrected chi connectivity index (χ0v) is 12.2. The van der Waals surface area contributed by atoms with Gasteiger partial charge in [0.05, 0.1) is 0 Å². The molecule has 2 rings (SSSR count). The molecule has 0 saturated carbocycles. The third-order valence-electron chi connectivity index (χ3n) is 3.74. The maximum atomic E-state index is 13.2. The van der Waals surface area contributed by atoms with Gasteiger partial charge in [0.2, 0.25) is 6.79 Å². The summed E-state index contributed by atoms with van der Waals surface area (Å²) in [5.41, 5.74) is -1.06. The molecule has 0 saturated heterocycles. The number of hydrogen-bond acceptors (Lipinski definition) is 3. The van der Waals surface area contributed by atoms with E-state index in [2.05, 4.69) is 5.32 Å². The first-order valence-corrected chi connectivity index (χ1v) is 7.06. The molecular formula is C15H20F3NO2. The number of nitrogens with one attached hydrogen (secondary N) is 1. The molecule has 0 fully saturated rings. The largest absolute Gasteiger partial charge is 0.454 e. The van der Waals surface area contributed by atoms with Crippen molar-refractivity contribution in [2.75, 3.05) is 13.3 Å². The first-order chi connectivity index (χ1) is 9.86. The normalized spacial score (nSPS) is 16.8. The van der Waals surface area contributed by atoms with Crippen LogP contribution in [0.2, 0.25) is 0 Å². The Hall–Kier alpha value is -1.43. The van der Waals surface area contributed by atoms with Gasteiger partial charge in [0.15, 0.2) is 11.5 Å². The third-order valence-corrected chi connectivity index (χ3v) is 3.74. The number of benzene rings is 1. The molecule has 1 aromatic carbocycles. The van der Waals surface area contributed by atoms with Crippen LogP contribution in [0.4, 0.5) is 13.2 Å². The first kappa shape index (κ1) is 15.9.